The average Bonchev–Trinajstić information content (AvgIpc) is 3.30. The fraction of sp³-hybridized carbons (Fsp3) is 0.478. The van der Waals surface area contributed by atoms with Gasteiger partial charge in [-0.05, 0) is 35.4 Å². The molecule has 2 aliphatic heterocycles. The van der Waals surface area contributed by atoms with Gasteiger partial charge in [0.05, 0.1) is 13.2 Å². The summed E-state index contributed by atoms with van der Waals surface area (Å²) in [6.45, 7) is 3.80. The van der Waals surface area contributed by atoms with Crippen LogP contribution < -0.4 is 0 Å². The Morgan fingerprint density at radius 2 is 1.42 bits per heavy atom. The molecular weight excluding hydrogens is 477 g/mol. The second-order valence-electron chi connectivity index (χ2n) is 8.06. The molecular formula is C23H27F3O5S2. The molecule has 0 aliphatic carbocycles. The summed E-state index contributed by atoms with van der Waals surface area (Å²) in [7, 11) is -5.63. The first-order chi connectivity index (χ1) is 15.6. The first kappa shape index (κ1) is 26.0. The highest BCUT2D eigenvalue weighted by atomic mass is 32.2. The van der Waals surface area contributed by atoms with E-state index in [2.05, 4.69) is 67.6 Å². The lowest BCUT2D eigenvalue weighted by Gasteiger charge is -2.21. The van der Waals surface area contributed by atoms with Crippen LogP contribution in [0.4, 0.5) is 13.2 Å². The fourth-order valence-electron chi connectivity index (χ4n) is 4.05. The van der Waals surface area contributed by atoms with E-state index >= 15 is 0 Å². The SMILES string of the molecule is CC1CC[C@@H]2[C@@H](OCc3ccccc3)[C@H](OCc3ccccc3)C[S+]12.O=S(=O)([O-])C(F)(F)F. The third-order valence-electron chi connectivity index (χ3n) is 5.73. The van der Waals surface area contributed by atoms with Crippen molar-refractivity contribution in [2.45, 2.75) is 61.2 Å². The number of alkyl halides is 3. The zero-order chi connectivity index (χ0) is 24.1. The first-order valence-corrected chi connectivity index (χ1v) is 13.5. The number of hydrogen-bond donors (Lipinski definition) is 0. The zero-order valence-electron chi connectivity index (χ0n) is 18.1. The predicted molar refractivity (Wildman–Crippen MR) is 121 cm³/mol. The van der Waals surface area contributed by atoms with Crippen molar-refractivity contribution in [2.75, 3.05) is 5.75 Å². The minimum Gasteiger partial charge on any atom is -0.741 e. The molecule has 0 aromatic heterocycles. The maximum Gasteiger partial charge on any atom is 0.485 e. The zero-order valence-corrected chi connectivity index (χ0v) is 19.7. The molecule has 0 saturated carbocycles. The van der Waals surface area contributed by atoms with Crippen LogP contribution in [0.25, 0.3) is 0 Å². The van der Waals surface area contributed by atoms with Gasteiger partial charge in [0.25, 0.3) is 0 Å². The first-order valence-electron chi connectivity index (χ1n) is 10.6. The molecule has 182 valence electrons. The summed E-state index contributed by atoms with van der Waals surface area (Å²) in [5.41, 5.74) is -3.15. The Kier molecular flexibility index (Phi) is 8.85. The number of ether oxygens (including phenoxy) is 2. The highest BCUT2D eigenvalue weighted by Gasteiger charge is 2.57. The monoisotopic (exact) mass is 504 g/mol. The molecule has 33 heavy (non-hydrogen) atoms. The van der Waals surface area contributed by atoms with Crippen LogP contribution in [0, 0.1) is 0 Å². The number of hydrogen-bond acceptors (Lipinski definition) is 5. The Hall–Kier alpha value is -1.59. The Bertz CT molecular complexity index is 971. The van der Waals surface area contributed by atoms with E-state index in [1.807, 2.05) is 0 Å². The molecule has 2 heterocycles. The van der Waals surface area contributed by atoms with Gasteiger partial charge in [-0.1, -0.05) is 60.7 Å². The van der Waals surface area contributed by atoms with Crippen molar-refractivity contribution in [1.82, 2.24) is 0 Å². The van der Waals surface area contributed by atoms with Crippen molar-refractivity contribution >= 4 is 21.0 Å². The van der Waals surface area contributed by atoms with Crippen molar-refractivity contribution in [3.63, 3.8) is 0 Å². The normalized spacial score (nSPS) is 27.0. The Morgan fingerprint density at radius 1 is 0.939 bits per heavy atom. The second-order valence-corrected chi connectivity index (χ2v) is 12.1. The van der Waals surface area contributed by atoms with Crippen LogP contribution >= 0.6 is 0 Å². The average molecular weight is 505 g/mol. The smallest absolute Gasteiger partial charge is 0.485 e. The van der Waals surface area contributed by atoms with E-state index in [9.17, 15) is 13.2 Å². The summed E-state index contributed by atoms with van der Waals surface area (Å²) in [6, 6.07) is 21.0. The van der Waals surface area contributed by atoms with Crippen molar-refractivity contribution in [3.8, 4) is 0 Å². The van der Waals surface area contributed by atoms with Crippen LogP contribution in [0.15, 0.2) is 60.7 Å². The quantitative estimate of drug-likeness (QED) is 0.331. The molecule has 5 atom stereocenters. The van der Waals surface area contributed by atoms with Crippen molar-refractivity contribution < 1.29 is 35.6 Å². The molecule has 2 aromatic carbocycles. The minimum absolute atomic E-state index is 0.236. The van der Waals surface area contributed by atoms with Crippen LogP contribution in [0.5, 0.6) is 0 Å². The molecule has 2 saturated heterocycles. The Morgan fingerprint density at radius 3 is 1.91 bits per heavy atom. The third-order valence-corrected chi connectivity index (χ3v) is 9.56. The van der Waals surface area contributed by atoms with E-state index in [1.165, 1.54) is 29.7 Å². The minimum atomic E-state index is -6.09. The third kappa shape index (κ3) is 7.19. The molecule has 2 aliphatic rings. The number of rotatable bonds is 6. The van der Waals surface area contributed by atoms with Gasteiger partial charge < -0.3 is 14.0 Å². The van der Waals surface area contributed by atoms with Crippen LogP contribution in [-0.2, 0) is 43.7 Å². The van der Waals surface area contributed by atoms with Gasteiger partial charge in [0.15, 0.2) is 10.1 Å². The van der Waals surface area contributed by atoms with Crippen LogP contribution in [0.3, 0.4) is 0 Å². The lowest BCUT2D eigenvalue weighted by atomic mass is 10.1. The number of halogens is 3. The summed E-state index contributed by atoms with van der Waals surface area (Å²) in [6.07, 6.45) is 3.14. The predicted octanol–water partition coefficient (Wildman–Crippen LogP) is 4.39. The van der Waals surface area contributed by atoms with E-state index in [-0.39, 0.29) is 12.2 Å². The lowest BCUT2D eigenvalue weighted by molar-refractivity contribution is -0.0698. The van der Waals surface area contributed by atoms with Gasteiger partial charge in [0.1, 0.15) is 28.5 Å². The van der Waals surface area contributed by atoms with Gasteiger partial charge in [0, 0.05) is 6.42 Å². The highest BCUT2D eigenvalue weighted by molar-refractivity contribution is 7.98. The summed E-state index contributed by atoms with van der Waals surface area (Å²) in [5, 5.41) is 1.53. The Balaban J connectivity index is 0.000000331. The summed E-state index contributed by atoms with van der Waals surface area (Å²) < 4.78 is 71.7. The molecule has 2 unspecified atom stereocenters. The molecule has 2 fully saturated rings. The van der Waals surface area contributed by atoms with E-state index < -0.39 is 15.6 Å². The number of benzene rings is 2. The van der Waals surface area contributed by atoms with Gasteiger partial charge >= 0.3 is 5.51 Å². The van der Waals surface area contributed by atoms with Gasteiger partial charge in [-0.15, -0.1) is 0 Å². The molecule has 2 aromatic rings. The van der Waals surface area contributed by atoms with Crippen LogP contribution in [0.1, 0.15) is 30.9 Å². The lowest BCUT2D eigenvalue weighted by Crippen LogP contribution is -2.34. The summed E-state index contributed by atoms with van der Waals surface area (Å²) >= 11 is 0. The van der Waals surface area contributed by atoms with Gasteiger partial charge in [0.2, 0.25) is 0 Å². The van der Waals surface area contributed by atoms with Crippen molar-refractivity contribution in [2.24, 2.45) is 0 Å². The van der Waals surface area contributed by atoms with Gasteiger partial charge in [-0.25, -0.2) is 8.42 Å². The van der Waals surface area contributed by atoms with E-state index in [4.69, 9.17) is 22.4 Å². The van der Waals surface area contributed by atoms with E-state index in [0.717, 1.165) is 5.25 Å². The molecule has 0 radical (unpaired) electrons. The second kappa shape index (κ2) is 11.2. The van der Waals surface area contributed by atoms with Crippen LogP contribution in [0.2, 0.25) is 0 Å². The summed E-state index contributed by atoms with van der Waals surface area (Å²) in [4.78, 5) is 0. The molecule has 0 N–H and O–H groups in total. The Labute approximate surface area is 195 Å². The molecule has 0 spiro atoms. The maximum absolute atomic E-state index is 10.7. The molecule has 0 amide bonds. The van der Waals surface area contributed by atoms with Crippen molar-refractivity contribution in [3.05, 3.63) is 71.8 Å². The molecule has 0 bridgehead atoms. The highest BCUT2D eigenvalue weighted by Crippen LogP contribution is 2.41. The van der Waals surface area contributed by atoms with Gasteiger partial charge in [-0.2, -0.15) is 13.2 Å². The van der Waals surface area contributed by atoms with E-state index in [0.29, 0.717) is 29.4 Å². The summed E-state index contributed by atoms with van der Waals surface area (Å²) in [5.74, 6) is 1.18. The van der Waals surface area contributed by atoms with Crippen molar-refractivity contribution in [1.29, 1.82) is 0 Å². The number of fused-ring (bicyclic) bond motifs is 1. The fourth-order valence-corrected chi connectivity index (χ4v) is 7.36. The largest absolute Gasteiger partial charge is 0.741 e. The molecule has 4 rings (SSSR count). The molecule has 10 heteroatoms. The van der Waals surface area contributed by atoms with Gasteiger partial charge in [-0.3, -0.25) is 0 Å². The topological polar surface area (TPSA) is 75.7 Å². The van der Waals surface area contributed by atoms with E-state index in [1.54, 1.807) is 0 Å². The standard InChI is InChI=1S/C22H27O2S.CHF3O3S/c1-17-12-13-21-22(24-15-19-10-6-3-7-11-19)20(16-25(17)21)23-14-18-8-4-2-5-9-18;2-1(3,4)8(5,6)7/h2-11,17,20-22H,12-16H2,1H3;(H,5,6,7)/q+1;/p-1/t17?,20-,21-,22+,25?;/m1./s1. The maximum atomic E-state index is 10.7. The molecule has 5 nitrogen and oxygen atoms in total. The van der Waals surface area contributed by atoms with Crippen LogP contribution in [-0.4, -0.2) is 46.9 Å².